The van der Waals surface area contributed by atoms with Crippen molar-refractivity contribution in [2.75, 3.05) is 0 Å². The van der Waals surface area contributed by atoms with Gasteiger partial charge in [-0.05, 0) is 6.42 Å². The molecule has 1 aromatic heterocycles. The quantitative estimate of drug-likeness (QED) is 0.196. The van der Waals surface area contributed by atoms with Gasteiger partial charge >= 0.3 is 0 Å². The van der Waals surface area contributed by atoms with E-state index in [0.717, 1.165) is 12.1 Å². The summed E-state index contributed by atoms with van der Waals surface area (Å²) in [6.45, 7) is 3.35. The molecule has 0 atom stereocenters. The summed E-state index contributed by atoms with van der Waals surface area (Å²) in [4.78, 5) is 0. The minimum absolute atomic E-state index is 0.928. The maximum absolute atomic E-state index is 8.46. The van der Waals surface area contributed by atoms with Gasteiger partial charge in [0, 0.05) is 24.1 Å². The predicted molar refractivity (Wildman–Crippen MR) is 87.9 cm³/mol. The highest BCUT2D eigenvalue weighted by Crippen LogP contribution is 2.10. The lowest BCUT2D eigenvalue weighted by molar-refractivity contribution is -0.697. The molecule has 0 aliphatic heterocycles. The van der Waals surface area contributed by atoms with E-state index in [9.17, 15) is 0 Å². The molecule has 3 nitrogen and oxygen atoms in total. The van der Waals surface area contributed by atoms with E-state index in [2.05, 4.69) is 16.6 Å². The van der Waals surface area contributed by atoms with Crippen molar-refractivity contribution in [3.05, 3.63) is 30.1 Å². The van der Waals surface area contributed by atoms with Crippen LogP contribution in [0.1, 0.15) is 76.7 Å². The molecule has 0 fully saturated rings. The van der Waals surface area contributed by atoms with Gasteiger partial charge in [0.1, 0.15) is 6.54 Å². The molecule has 118 valence electrons. The number of oxime groups is 1. The molecule has 0 aliphatic carbocycles. The summed E-state index contributed by atoms with van der Waals surface area (Å²) in [6, 6.07) is 3.94. The molecular formula is C18H31N2O+. The van der Waals surface area contributed by atoms with Gasteiger partial charge in [0.15, 0.2) is 12.4 Å². The molecule has 21 heavy (non-hydrogen) atoms. The molecule has 0 unspecified atom stereocenters. The number of nitrogens with zero attached hydrogens (tertiary/aromatic N) is 2. The Bertz CT molecular complexity index is 373. The Morgan fingerprint density at radius 2 is 1.43 bits per heavy atom. The predicted octanol–water partition coefficient (Wildman–Crippen LogP) is 4.70. The van der Waals surface area contributed by atoms with Gasteiger partial charge in [0.05, 0.1) is 6.21 Å². The highest BCUT2D eigenvalue weighted by atomic mass is 16.4. The van der Waals surface area contributed by atoms with E-state index in [1.54, 1.807) is 0 Å². The number of hydrogen-bond acceptors (Lipinski definition) is 2. The molecule has 3 heteroatoms. The molecule has 0 saturated heterocycles. The van der Waals surface area contributed by atoms with Gasteiger partial charge in [-0.1, -0.05) is 63.4 Å². The number of aryl methyl sites for hydroxylation is 1. The minimum Gasteiger partial charge on any atom is -0.411 e. The monoisotopic (exact) mass is 291 g/mol. The topological polar surface area (TPSA) is 36.5 Å². The molecule has 0 spiro atoms. The van der Waals surface area contributed by atoms with Crippen molar-refractivity contribution in [3.63, 3.8) is 0 Å². The smallest absolute Gasteiger partial charge is 0.169 e. The van der Waals surface area contributed by atoms with Crippen LogP contribution < -0.4 is 4.57 Å². The normalized spacial score (nSPS) is 11.3. The molecule has 0 radical (unpaired) electrons. The average Bonchev–Trinajstić information content (AvgIpc) is 2.51. The zero-order chi connectivity index (χ0) is 15.2. The van der Waals surface area contributed by atoms with Crippen LogP contribution in [-0.4, -0.2) is 11.4 Å². The van der Waals surface area contributed by atoms with Crippen LogP contribution in [0.4, 0.5) is 0 Å². The summed E-state index contributed by atoms with van der Waals surface area (Å²) >= 11 is 0. The summed E-state index contributed by atoms with van der Waals surface area (Å²) in [5.74, 6) is 0. The van der Waals surface area contributed by atoms with E-state index in [-0.39, 0.29) is 0 Å². The summed E-state index contributed by atoms with van der Waals surface area (Å²) in [5, 5.41) is 11.5. The van der Waals surface area contributed by atoms with Gasteiger partial charge in [-0.2, -0.15) is 0 Å². The van der Waals surface area contributed by atoms with Crippen LogP contribution in [0.25, 0.3) is 0 Å². The first-order chi connectivity index (χ1) is 10.4. The summed E-state index contributed by atoms with van der Waals surface area (Å²) in [5.41, 5.74) is 0.928. The Morgan fingerprint density at radius 3 is 1.95 bits per heavy atom. The van der Waals surface area contributed by atoms with Gasteiger partial charge in [0.25, 0.3) is 0 Å². The molecular weight excluding hydrogens is 260 g/mol. The lowest BCUT2D eigenvalue weighted by Crippen LogP contribution is -2.32. The zero-order valence-electron chi connectivity index (χ0n) is 13.5. The largest absolute Gasteiger partial charge is 0.411 e. The molecule has 1 aromatic rings. The third-order valence-electron chi connectivity index (χ3n) is 3.89. The van der Waals surface area contributed by atoms with Crippen LogP contribution in [0.15, 0.2) is 29.7 Å². The first kappa shape index (κ1) is 17.7. The van der Waals surface area contributed by atoms with Crippen LogP contribution in [0.3, 0.4) is 0 Å². The Labute approximate surface area is 129 Å². The van der Waals surface area contributed by atoms with Crippen LogP contribution in [0, 0.1) is 0 Å². The van der Waals surface area contributed by atoms with Crippen molar-refractivity contribution < 1.29 is 9.77 Å². The number of unbranched alkanes of at least 4 members (excludes halogenated alkanes) is 9. The highest BCUT2D eigenvalue weighted by molar-refractivity contribution is 5.78. The summed E-state index contributed by atoms with van der Waals surface area (Å²) < 4.78 is 2.19. The van der Waals surface area contributed by atoms with Gasteiger partial charge in [-0.25, -0.2) is 4.57 Å². The van der Waals surface area contributed by atoms with Crippen molar-refractivity contribution in [3.8, 4) is 0 Å². The van der Waals surface area contributed by atoms with Crippen molar-refractivity contribution in [1.29, 1.82) is 0 Å². The van der Waals surface area contributed by atoms with Crippen molar-refractivity contribution in [1.82, 2.24) is 0 Å². The maximum Gasteiger partial charge on any atom is 0.169 e. The molecule has 0 aliphatic rings. The standard InChI is InChI=1S/C18H30N2O/c1-2-3-4-5-6-7-8-9-10-11-14-20-15-12-18(13-16-20)17-19-21/h12-13,15-17H,2-11,14H2,1H3/p+1. The number of rotatable bonds is 12. The van der Waals surface area contributed by atoms with E-state index < -0.39 is 0 Å². The van der Waals surface area contributed by atoms with E-state index in [0.29, 0.717) is 0 Å². The fourth-order valence-corrected chi connectivity index (χ4v) is 2.55. The molecule has 1 rings (SSSR count). The number of hydrogen-bond donors (Lipinski definition) is 1. The highest BCUT2D eigenvalue weighted by Gasteiger charge is 2.00. The summed E-state index contributed by atoms with van der Waals surface area (Å²) in [6.07, 6.45) is 19.3. The molecule has 0 bridgehead atoms. The van der Waals surface area contributed by atoms with E-state index in [4.69, 9.17) is 5.21 Å². The first-order valence-corrected chi connectivity index (χ1v) is 8.53. The molecule has 1 heterocycles. The third-order valence-corrected chi connectivity index (χ3v) is 3.89. The van der Waals surface area contributed by atoms with Crippen LogP contribution in [-0.2, 0) is 6.54 Å². The van der Waals surface area contributed by atoms with E-state index in [1.807, 2.05) is 24.5 Å². The summed E-state index contributed by atoms with van der Waals surface area (Å²) in [7, 11) is 0. The Kier molecular flexibility index (Phi) is 10.4. The fourth-order valence-electron chi connectivity index (χ4n) is 2.55. The van der Waals surface area contributed by atoms with E-state index in [1.165, 1.54) is 70.4 Å². The third kappa shape index (κ3) is 9.22. The van der Waals surface area contributed by atoms with Crippen molar-refractivity contribution in [2.45, 2.75) is 77.7 Å². The van der Waals surface area contributed by atoms with Gasteiger partial charge in [0.2, 0.25) is 0 Å². The van der Waals surface area contributed by atoms with Crippen LogP contribution >= 0.6 is 0 Å². The first-order valence-electron chi connectivity index (χ1n) is 8.53. The molecule has 0 aromatic carbocycles. The molecule has 0 saturated carbocycles. The zero-order valence-corrected chi connectivity index (χ0v) is 13.5. The fraction of sp³-hybridized carbons (Fsp3) is 0.667. The van der Waals surface area contributed by atoms with Crippen LogP contribution in [0.5, 0.6) is 0 Å². The van der Waals surface area contributed by atoms with Crippen molar-refractivity contribution >= 4 is 6.21 Å². The lowest BCUT2D eigenvalue weighted by atomic mass is 10.1. The SMILES string of the molecule is CCCCCCCCCCCC[n+]1ccc(/C=N/O)cc1. The number of aromatic nitrogens is 1. The molecule has 1 N–H and O–H groups in total. The minimum atomic E-state index is 0.928. The van der Waals surface area contributed by atoms with Gasteiger partial charge in [-0.15, -0.1) is 0 Å². The Morgan fingerprint density at radius 1 is 0.905 bits per heavy atom. The average molecular weight is 291 g/mol. The van der Waals surface area contributed by atoms with Gasteiger partial charge < -0.3 is 5.21 Å². The maximum atomic E-state index is 8.46. The van der Waals surface area contributed by atoms with Gasteiger partial charge in [-0.3, -0.25) is 0 Å². The number of pyridine rings is 1. The van der Waals surface area contributed by atoms with E-state index >= 15 is 0 Å². The van der Waals surface area contributed by atoms with Crippen molar-refractivity contribution in [2.24, 2.45) is 5.16 Å². The van der Waals surface area contributed by atoms with Crippen LogP contribution in [0.2, 0.25) is 0 Å². The Hall–Kier alpha value is -1.38. The molecule has 0 amide bonds. The Balaban J connectivity index is 1.96. The lowest BCUT2D eigenvalue weighted by Gasteiger charge is -2.01. The second-order valence-electron chi connectivity index (χ2n) is 5.80. The second-order valence-corrected chi connectivity index (χ2v) is 5.80. The second kappa shape index (κ2) is 12.4.